The Kier molecular flexibility index (Phi) is 3.52. The predicted molar refractivity (Wildman–Crippen MR) is 54.3 cm³/mol. The fourth-order valence-corrected chi connectivity index (χ4v) is 1.85. The first-order valence-corrected chi connectivity index (χ1v) is 5.06. The summed E-state index contributed by atoms with van der Waals surface area (Å²) in [6.07, 6.45) is 5.06. The summed E-state index contributed by atoms with van der Waals surface area (Å²) in [6.45, 7) is 7.80. The smallest absolute Gasteiger partial charge is 0.223 e. The highest BCUT2D eigenvalue weighted by Crippen LogP contribution is 2.30. The van der Waals surface area contributed by atoms with Gasteiger partial charge in [-0.2, -0.15) is 0 Å². The van der Waals surface area contributed by atoms with Crippen LogP contribution in [0.4, 0.5) is 0 Å². The van der Waals surface area contributed by atoms with E-state index in [2.05, 4.69) is 18.8 Å². The monoisotopic (exact) mass is 181 g/mol. The van der Waals surface area contributed by atoms with Gasteiger partial charge in [0.2, 0.25) is 5.91 Å². The molecule has 13 heavy (non-hydrogen) atoms. The van der Waals surface area contributed by atoms with E-state index in [-0.39, 0.29) is 17.9 Å². The van der Waals surface area contributed by atoms with Crippen LogP contribution in [0.2, 0.25) is 0 Å². The highest BCUT2D eigenvalue weighted by atomic mass is 16.1. The molecule has 2 nitrogen and oxygen atoms in total. The topological polar surface area (TPSA) is 29.1 Å². The summed E-state index contributed by atoms with van der Waals surface area (Å²) < 4.78 is 0. The largest absolute Gasteiger partial charge is 0.350 e. The van der Waals surface area contributed by atoms with E-state index in [4.69, 9.17) is 0 Å². The zero-order valence-electron chi connectivity index (χ0n) is 8.55. The molecule has 0 aromatic heterocycles. The van der Waals surface area contributed by atoms with Gasteiger partial charge in [-0.25, -0.2) is 0 Å². The van der Waals surface area contributed by atoms with Gasteiger partial charge >= 0.3 is 0 Å². The first-order valence-electron chi connectivity index (χ1n) is 5.06. The molecule has 1 amide bonds. The molecule has 0 saturated heterocycles. The average molecular weight is 181 g/mol. The van der Waals surface area contributed by atoms with Crippen LogP contribution in [0.3, 0.4) is 0 Å². The molecule has 2 heteroatoms. The molecule has 0 heterocycles. The molecule has 0 spiro atoms. The van der Waals surface area contributed by atoms with Gasteiger partial charge in [-0.1, -0.05) is 13.0 Å². The molecule has 1 N–H and O–H groups in total. The first kappa shape index (κ1) is 10.3. The molecule has 74 valence electrons. The van der Waals surface area contributed by atoms with Crippen molar-refractivity contribution in [3.8, 4) is 0 Å². The van der Waals surface area contributed by atoms with Crippen molar-refractivity contribution in [2.75, 3.05) is 0 Å². The van der Waals surface area contributed by atoms with Gasteiger partial charge in [-0.05, 0) is 32.1 Å². The lowest BCUT2D eigenvalue weighted by Crippen LogP contribution is -2.35. The summed E-state index contributed by atoms with van der Waals surface area (Å²) in [6, 6.07) is 0.100. The van der Waals surface area contributed by atoms with Gasteiger partial charge in [0.1, 0.15) is 0 Å². The molecule has 0 bridgehead atoms. The van der Waals surface area contributed by atoms with Crippen LogP contribution in [0.15, 0.2) is 12.7 Å². The fourth-order valence-electron chi connectivity index (χ4n) is 1.85. The standard InChI is InChI=1S/C11H19NO/c1-4-9(3)12-11(13)10-6-5-8(2)7-10/h4,8-10H,1,5-7H2,2-3H3,(H,12,13). The lowest BCUT2D eigenvalue weighted by Gasteiger charge is -2.13. The number of hydrogen-bond donors (Lipinski definition) is 1. The predicted octanol–water partition coefficient (Wildman–Crippen LogP) is 2.11. The van der Waals surface area contributed by atoms with Crippen molar-refractivity contribution < 1.29 is 4.79 Å². The molecule has 1 aliphatic rings. The van der Waals surface area contributed by atoms with E-state index >= 15 is 0 Å². The van der Waals surface area contributed by atoms with Crippen LogP contribution in [0.5, 0.6) is 0 Å². The van der Waals surface area contributed by atoms with Gasteiger partial charge in [-0.3, -0.25) is 4.79 Å². The highest BCUT2D eigenvalue weighted by molar-refractivity contribution is 5.79. The number of nitrogens with one attached hydrogen (secondary N) is 1. The maximum atomic E-state index is 11.6. The molecule has 1 saturated carbocycles. The van der Waals surface area contributed by atoms with Crippen LogP contribution in [0, 0.1) is 11.8 Å². The molecular formula is C11H19NO. The normalized spacial score (nSPS) is 29.7. The van der Waals surface area contributed by atoms with Crippen molar-refractivity contribution in [2.24, 2.45) is 11.8 Å². The Balaban J connectivity index is 2.35. The SMILES string of the molecule is C=CC(C)NC(=O)C1CCC(C)C1. The summed E-state index contributed by atoms with van der Waals surface area (Å²) >= 11 is 0. The second kappa shape index (κ2) is 4.45. The van der Waals surface area contributed by atoms with E-state index in [9.17, 15) is 4.79 Å². The van der Waals surface area contributed by atoms with Gasteiger partial charge in [0.15, 0.2) is 0 Å². The first-order chi connectivity index (χ1) is 6.13. The third kappa shape index (κ3) is 2.87. The summed E-state index contributed by atoms with van der Waals surface area (Å²) in [7, 11) is 0. The second-order valence-electron chi connectivity index (χ2n) is 4.15. The number of rotatable bonds is 3. The van der Waals surface area contributed by atoms with Crippen LogP contribution in [0.1, 0.15) is 33.1 Å². The van der Waals surface area contributed by atoms with E-state index in [1.807, 2.05) is 6.92 Å². The van der Waals surface area contributed by atoms with Crippen molar-refractivity contribution in [1.82, 2.24) is 5.32 Å². The van der Waals surface area contributed by atoms with Gasteiger partial charge in [0.05, 0.1) is 0 Å². The van der Waals surface area contributed by atoms with Gasteiger partial charge in [0.25, 0.3) is 0 Å². The van der Waals surface area contributed by atoms with Crippen molar-refractivity contribution in [2.45, 2.75) is 39.2 Å². The number of carbonyl (C=O) groups excluding carboxylic acids is 1. The van der Waals surface area contributed by atoms with Gasteiger partial charge < -0.3 is 5.32 Å². The zero-order chi connectivity index (χ0) is 9.84. The molecular weight excluding hydrogens is 162 g/mol. The van der Waals surface area contributed by atoms with E-state index in [1.165, 1.54) is 6.42 Å². The molecule has 3 atom stereocenters. The van der Waals surface area contributed by atoms with Gasteiger partial charge in [0, 0.05) is 12.0 Å². The van der Waals surface area contributed by atoms with Crippen molar-refractivity contribution >= 4 is 5.91 Å². The summed E-state index contributed by atoms with van der Waals surface area (Å²) in [4.78, 5) is 11.6. The minimum absolute atomic E-state index is 0.100. The molecule has 0 radical (unpaired) electrons. The second-order valence-corrected chi connectivity index (χ2v) is 4.15. The third-order valence-electron chi connectivity index (χ3n) is 2.79. The minimum Gasteiger partial charge on any atom is -0.350 e. The summed E-state index contributed by atoms with van der Waals surface area (Å²) in [5.74, 6) is 1.17. The number of carbonyl (C=O) groups is 1. The summed E-state index contributed by atoms with van der Waals surface area (Å²) in [5, 5.41) is 2.94. The third-order valence-corrected chi connectivity index (χ3v) is 2.79. The Morgan fingerprint density at radius 1 is 1.62 bits per heavy atom. The van der Waals surface area contributed by atoms with Gasteiger partial charge in [-0.15, -0.1) is 6.58 Å². The molecule has 0 aromatic rings. The van der Waals surface area contributed by atoms with Crippen LogP contribution < -0.4 is 5.32 Å². The van der Waals surface area contributed by atoms with Crippen molar-refractivity contribution in [3.63, 3.8) is 0 Å². The Morgan fingerprint density at radius 3 is 2.77 bits per heavy atom. The quantitative estimate of drug-likeness (QED) is 0.664. The Morgan fingerprint density at radius 2 is 2.31 bits per heavy atom. The fraction of sp³-hybridized carbons (Fsp3) is 0.727. The number of hydrogen-bond acceptors (Lipinski definition) is 1. The van der Waals surface area contributed by atoms with Crippen molar-refractivity contribution in [3.05, 3.63) is 12.7 Å². The molecule has 3 unspecified atom stereocenters. The van der Waals surface area contributed by atoms with Crippen molar-refractivity contribution in [1.29, 1.82) is 0 Å². The Labute approximate surface area is 80.4 Å². The summed E-state index contributed by atoms with van der Waals surface area (Å²) in [5.41, 5.74) is 0. The Bertz CT molecular complexity index is 200. The van der Waals surface area contributed by atoms with Crippen LogP contribution in [0.25, 0.3) is 0 Å². The Hall–Kier alpha value is -0.790. The molecule has 1 fully saturated rings. The maximum absolute atomic E-state index is 11.6. The van der Waals surface area contributed by atoms with Crippen LogP contribution in [-0.4, -0.2) is 11.9 Å². The van der Waals surface area contributed by atoms with Crippen LogP contribution >= 0.6 is 0 Å². The van der Waals surface area contributed by atoms with E-state index in [0.29, 0.717) is 0 Å². The van der Waals surface area contributed by atoms with E-state index in [1.54, 1.807) is 6.08 Å². The lowest BCUT2D eigenvalue weighted by atomic mass is 10.1. The average Bonchev–Trinajstić information content (AvgIpc) is 2.51. The number of amides is 1. The zero-order valence-corrected chi connectivity index (χ0v) is 8.55. The molecule has 0 aliphatic heterocycles. The molecule has 1 aliphatic carbocycles. The lowest BCUT2D eigenvalue weighted by molar-refractivity contribution is -0.125. The molecule has 0 aromatic carbocycles. The maximum Gasteiger partial charge on any atom is 0.223 e. The van der Waals surface area contributed by atoms with E-state index in [0.717, 1.165) is 18.8 Å². The van der Waals surface area contributed by atoms with E-state index < -0.39 is 0 Å². The highest BCUT2D eigenvalue weighted by Gasteiger charge is 2.27. The van der Waals surface area contributed by atoms with Crippen LogP contribution in [-0.2, 0) is 4.79 Å². The minimum atomic E-state index is 0.100. The molecule has 1 rings (SSSR count).